The van der Waals surface area contributed by atoms with Crippen LogP contribution >= 0.6 is 0 Å². The second-order valence-electron chi connectivity index (χ2n) is 6.29. The lowest BCUT2D eigenvalue weighted by Gasteiger charge is -2.08. The van der Waals surface area contributed by atoms with Gasteiger partial charge in [0.15, 0.2) is 11.5 Å². The highest BCUT2D eigenvalue weighted by Crippen LogP contribution is 2.32. The van der Waals surface area contributed by atoms with E-state index < -0.39 is 0 Å². The number of hydrogen-bond donors (Lipinski definition) is 1. The number of amides is 1. The molecular formula is C20H19N3O3. The van der Waals surface area contributed by atoms with Crippen LogP contribution in [0.4, 0.5) is 0 Å². The summed E-state index contributed by atoms with van der Waals surface area (Å²) in [5, 5.41) is 2.95. The lowest BCUT2D eigenvalue weighted by atomic mass is 10.1. The largest absolute Gasteiger partial charge is 0.454 e. The lowest BCUT2D eigenvalue weighted by Crippen LogP contribution is -2.25. The molecule has 6 heteroatoms. The third-order valence-electron chi connectivity index (χ3n) is 4.47. The van der Waals surface area contributed by atoms with E-state index in [1.54, 1.807) is 12.1 Å². The van der Waals surface area contributed by atoms with Crippen LogP contribution in [-0.4, -0.2) is 29.2 Å². The second-order valence-corrected chi connectivity index (χ2v) is 6.29. The number of carbonyl (C=O) groups excluding carboxylic acids is 1. The summed E-state index contributed by atoms with van der Waals surface area (Å²) in [5.41, 5.74) is 4.98. The van der Waals surface area contributed by atoms with Crippen molar-refractivity contribution >= 4 is 16.9 Å². The van der Waals surface area contributed by atoms with Gasteiger partial charge < -0.3 is 14.8 Å². The Hall–Kier alpha value is -3.15. The fourth-order valence-electron chi connectivity index (χ4n) is 2.89. The van der Waals surface area contributed by atoms with Crippen molar-refractivity contribution in [2.45, 2.75) is 20.3 Å². The smallest absolute Gasteiger partial charge is 0.251 e. The van der Waals surface area contributed by atoms with E-state index in [-0.39, 0.29) is 12.7 Å². The minimum absolute atomic E-state index is 0.118. The third kappa shape index (κ3) is 3.18. The Morgan fingerprint density at radius 2 is 1.77 bits per heavy atom. The number of rotatable bonds is 4. The molecule has 0 saturated carbocycles. The second kappa shape index (κ2) is 6.63. The van der Waals surface area contributed by atoms with Crippen LogP contribution in [0.15, 0.2) is 36.4 Å². The van der Waals surface area contributed by atoms with Gasteiger partial charge in [-0.2, -0.15) is 0 Å². The van der Waals surface area contributed by atoms with Crippen molar-refractivity contribution in [1.82, 2.24) is 15.3 Å². The maximum Gasteiger partial charge on any atom is 0.251 e. The Kier molecular flexibility index (Phi) is 4.16. The minimum atomic E-state index is -0.118. The zero-order chi connectivity index (χ0) is 18.1. The molecule has 0 bridgehead atoms. The van der Waals surface area contributed by atoms with Crippen molar-refractivity contribution in [3.63, 3.8) is 0 Å². The monoisotopic (exact) mass is 349 g/mol. The van der Waals surface area contributed by atoms with Gasteiger partial charge in [-0.3, -0.25) is 4.79 Å². The number of fused-ring (bicyclic) bond motifs is 2. The first-order chi connectivity index (χ1) is 12.6. The van der Waals surface area contributed by atoms with Gasteiger partial charge in [0.2, 0.25) is 6.79 Å². The van der Waals surface area contributed by atoms with E-state index in [1.807, 2.05) is 38.1 Å². The fraction of sp³-hybridized carbons (Fsp3) is 0.250. The summed E-state index contributed by atoms with van der Waals surface area (Å²) in [7, 11) is 0. The summed E-state index contributed by atoms with van der Waals surface area (Å²) in [6.07, 6.45) is 0.716. The van der Waals surface area contributed by atoms with E-state index in [9.17, 15) is 4.79 Å². The molecule has 26 heavy (non-hydrogen) atoms. The molecular weight excluding hydrogens is 330 g/mol. The molecule has 0 fully saturated rings. The van der Waals surface area contributed by atoms with Gasteiger partial charge in [-0.05, 0) is 56.2 Å². The van der Waals surface area contributed by atoms with Gasteiger partial charge in [-0.25, -0.2) is 9.97 Å². The molecule has 0 radical (unpaired) electrons. The van der Waals surface area contributed by atoms with Crippen molar-refractivity contribution in [1.29, 1.82) is 0 Å². The van der Waals surface area contributed by atoms with E-state index >= 15 is 0 Å². The summed E-state index contributed by atoms with van der Waals surface area (Å²) < 4.78 is 10.7. The molecule has 0 saturated heterocycles. The topological polar surface area (TPSA) is 73.3 Å². The van der Waals surface area contributed by atoms with E-state index in [0.29, 0.717) is 18.5 Å². The van der Waals surface area contributed by atoms with Crippen molar-refractivity contribution in [3.05, 3.63) is 58.9 Å². The Labute approximate surface area is 151 Å². The molecule has 132 valence electrons. The quantitative estimate of drug-likeness (QED) is 0.784. The molecule has 2 heterocycles. The zero-order valence-electron chi connectivity index (χ0n) is 14.7. The van der Waals surface area contributed by atoms with E-state index in [0.717, 1.165) is 39.5 Å². The molecule has 0 unspecified atom stereocenters. The maximum atomic E-state index is 12.4. The standard InChI is InChI=1S/C20H19N3O3/c1-12-13(2)23-17-10-15(4-5-16(17)22-12)20(24)21-8-7-14-3-6-18-19(9-14)26-11-25-18/h3-6,9-10H,7-8,11H2,1-2H3,(H,21,24). The van der Waals surface area contributed by atoms with Gasteiger partial charge in [0.1, 0.15) is 0 Å². The van der Waals surface area contributed by atoms with Crippen molar-refractivity contribution < 1.29 is 14.3 Å². The molecule has 1 aromatic heterocycles. The summed E-state index contributed by atoms with van der Waals surface area (Å²) in [6.45, 7) is 4.65. The van der Waals surface area contributed by atoms with Crippen LogP contribution in [0.1, 0.15) is 27.3 Å². The van der Waals surface area contributed by atoms with Gasteiger partial charge in [-0.15, -0.1) is 0 Å². The number of aromatic nitrogens is 2. The highest BCUT2D eigenvalue weighted by atomic mass is 16.7. The zero-order valence-corrected chi connectivity index (χ0v) is 14.7. The van der Waals surface area contributed by atoms with Crippen LogP contribution in [0.25, 0.3) is 11.0 Å². The number of nitrogens with one attached hydrogen (secondary N) is 1. The summed E-state index contributed by atoms with van der Waals surface area (Å²) in [5.74, 6) is 1.40. The van der Waals surface area contributed by atoms with Crippen LogP contribution in [0.5, 0.6) is 11.5 Å². The minimum Gasteiger partial charge on any atom is -0.454 e. The molecule has 0 spiro atoms. The van der Waals surface area contributed by atoms with Gasteiger partial charge >= 0.3 is 0 Å². The van der Waals surface area contributed by atoms with Crippen LogP contribution in [-0.2, 0) is 6.42 Å². The number of benzene rings is 2. The third-order valence-corrected chi connectivity index (χ3v) is 4.47. The Bertz CT molecular complexity index is 1000. The normalized spacial score (nSPS) is 12.4. The van der Waals surface area contributed by atoms with E-state index in [1.165, 1.54) is 0 Å². The van der Waals surface area contributed by atoms with E-state index in [2.05, 4.69) is 15.3 Å². The summed E-state index contributed by atoms with van der Waals surface area (Å²) >= 11 is 0. The Morgan fingerprint density at radius 1 is 1.00 bits per heavy atom. The summed E-state index contributed by atoms with van der Waals surface area (Å²) in [4.78, 5) is 21.4. The van der Waals surface area contributed by atoms with Crippen LogP contribution in [0.2, 0.25) is 0 Å². The van der Waals surface area contributed by atoms with Crippen molar-refractivity contribution in [2.24, 2.45) is 0 Å². The van der Waals surface area contributed by atoms with Gasteiger partial charge in [0, 0.05) is 12.1 Å². The Balaban J connectivity index is 1.41. The average molecular weight is 349 g/mol. The number of nitrogens with zero attached hydrogens (tertiary/aromatic N) is 2. The van der Waals surface area contributed by atoms with Crippen LogP contribution < -0.4 is 14.8 Å². The van der Waals surface area contributed by atoms with Gasteiger partial charge in [0.25, 0.3) is 5.91 Å². The SMILES string of the molecule is Cc1nc2ccc(C(=O)NCCc3ccc4c(c3)OCO4)cc2nc1C. The number of hydrogen-bond acceptors (Lipinski definition) is 5. The molecule has 1 amide bonds. The maximum absolute atomic E-state index is 12.4. The van der Waals surface area contributed by atoms with Crippen molar-refractivity contribution in [3.8, 4) is 11.5 Å². The Morgan fingerprint density at radius 3 is 2.62 bits per heavy atom. The molecule has 6 nitrogen and oxygen atoms in total. The highest BCUT2D eigenvalue weighted by molar-refractivity contribution is 5.97. The lowest BCUT2D eigenvalue weighted by molar-refractivity contribution is 0.0954. The first-order valence-electron chi connectivity index (χ1n) is 8.52. The predicted molar refractivity (Wildman–Crippen MR) is 97.6 cm³/mol. The number of carbonyl (C=O) groups is 1. The number of aryl methyl sites for hydroxylation is 2. The first-order valence-corrected chi connectivity index (χ1v) is 8.52. The fourth-order valence-corrected chi connectivity index (χ4v) is 2.89. The summed E-state index contributed by atoms with van der Waals surface area (Å²) in [6, 6.07) is 11.2. The molecule has 0 aliphatic carbocycles. The molecule has 2 aromatic carbocycles. The molecule has 1 aliphatic heterocycles. The van der Waals surface area contributed by atoms with Crippen LogP contribution in [0, 0.1) is 13.8 Å². The first kappa shape index (κ1) is 16.3. The molecule has 0 atom stereocenters. The predicted octanol–water partition coefficient (Wildman–Crippen LogP) is 2.95. The molecule has 1 aliphatic rings. The molecule has 1 N–H and O–H groups in total. The van der Waals surface area contributed by atoms with Crippen LogP contribution in [0.3, 0.4) is 0 Å². The van der Waals surface area contributed by atoms with Crippen molar-refractivity contribution in [2.75, 3.05) is 13.3 Å². The van der Waals surface area contributed by atoms with Gasteiger partial charge in [0.05, 0.1) is 22.4 Å². The molecule has 3 aromatic rings. The number of ether oxygens (including phenoxy) is 2. The molecule has 4 rings (SSSR count). The van der Waals surface area contributed by atoms with Gasteiger partial charge in [-0.1, -0.05) is 6.07 Å². The highest BCUT2D eigenvalue weighted by Gasteiger charge is 2.13. The van der Waals surface area contributed by atoms with E-state index in [4.69, 9.17) is 9.47 Å². The average Bonchev–Trinajstić information content (AvgIpc) is 3.10.